The monoisotopic (exact) mass is 294 g/mol. The molecule has 0 amide bonds. The summed E-state index contributed by atoms with van der Waals surface area (Å²) in [5.74, 6) is 0.325. The maximum Gasteiger partial charge on any atom is 0.131 e. The first kappa shape index (κ1) is 17.8. The van der Waals surface area contributed by atoms with E-state index in [-0.39, 0.29) is 0 Å². The summed E-state index contributed by atoms with van der Waals surface area (Å²) < 4.78 is 0. The zero-order chi connectivity index (χ0) is 16.5. The Hall–Kier alpha value is -2.28. The van der Waals surface area contributed by atoms with Crippen LogP contribution in [0.15, 0.2) is 30.4 Å². The Labute approximate surface area is 134 Å². The van der Waals surface area contributed by atoms with Gasteiger partial charge < -0.3 is 5.11 Å². The molecule has 1 rings (SSSR count). The van der Waals surface area contributed by atoms with E-state index >= 15 is 0 Å². The Morgan fingerprint density at radius 3 is 0.955 bits per heavy atom. The van der Waals surface area contributed by atoms with Crippen molar-refractivity contribution >= 4 is 30.4 Å². The lowest BCUT2D eigenvalue weighted by Gasteiger charge is -2.17. The van der Waals surface area contributed by atoms with E-state index in [1.54, 1.807) is 0 Å². The molecule has 22 heavy (non-hydrogen) atoms. The fourth-order valence-electron chi connectivity index (χ4n) is 2.54. The second kappa shape index (κ2) is 8.89. The molecular formula is C21H26O. The first-order valence-electron chi connectivity index (χ1n) is 7.72. The molecule has 0 radical (unpaired) electrons. The average molecular weight is 294 g/mol. The number of phenols is 1. The van der Waals surface area contributed by atoms with E-state index in [9.17, 15) is 5.11 Å². The molecule has 0 fully saturated rings. The number of aromatic hydroxyl groups is 1. The second-order valence-electron chi connectivity index (χ2n) is 4.92. The topological polar surface area (TPSA) is 20.2 Å². The molecule has 0 aliphatic heterocycles. The first-order valence-corrected chi connectivity index (χ1v) is 7.72. The van der Waals surface area contributed by atoms with Crippen molar-refractivity contribution in [3.63, 3.8) is 0 Å². The van der Waals surface area contributed by atoms with Crippen molar-refractivity contribution in [2.75, 3.05) is 0 Å². The zero-order valence-corrected chi connectivity index (χ0v) is 14.2. The first-order chi connectivity index (χ1) is 10.7. The van der Waals surface area contributed by atoms with E-state index in [0.717, 1.165) is 27.8 Å². The highest BCUT2D eigenvalue weighted by atomic mass is 16.3. The van der Waals surface area contributed by atoms with Crippen LogP contribution in [0, 0.1) is 0 Å². The summed E-state index contributed by atoms with van der Waals surface area (Å²) in [5, 5.41) is 10.8. The Morgan fingerprint density at radius 2 is 0.682 bits per heavy atom. The SMILES string of the molecule is CC=Cc1c(O)c(C=CC)c(C=CC)c(C=CC)c1C=CC. The highest BCUT2D eigenvalue weighted by molar-refractivity contribution is 5.88. The Kier molecular flexibility index (Phi) is 7.18. The fraction of sp³-hybridized carbons (Fsp3) is 0.238. The predicted octanol–water partition coefficient (Wildman–Crippen LogP) is 6.56. The van der Waals surface area contributed by atoms with Gasteiger partial charge in [-0.2, -0.15) is 0 Å². The van der Waals surface area contributed by atoms with Crippen molar-refractivity contribution in [2.24, 2.45) is 0 Å². The van der Waals surface area contributed by atoms with Gasteiger partial charge in [-0.15, -0.1) is 0 Å². The molecule has 1 nitrogen and oxygen atoms in total. The predicted molar refractivity (Wildman–Crippen MR) is 102 cm³/mol. The number of allylic oxidation sites excluding steroid dienone is 5. The Morgan fingerprint density at radius 1 is 0.455 bits per heavy atom. The van der Waals surface area contributed by atoms with E-state index in [1.165, 1.54) is 0 Å². The molecule has 0 atom stereocenters. The van der Waals surface area contributed by atoms with Crippen molar-refractivity contribution in [2.45, 2.75) is 34.6 Å². The number of rotatable bonds is 5. The molecule has 1 heteroatoms. The quantitative estimate of drug-likeness (QED) is 0.652. The lowest BCUT2D eigenvalue weighted by molar-refractivity contribution is 0.472. The normalized spacial score (nSPS) is 13.0. The number of hydrogen-bond donors (Lipinski definition) is 1. The van der Waals surface area contributed by atoms with Crippen LogP contribution in [0.25, 0.3) is 30.4 Å². The molecule has 0 heterocycles. The number of hydrogen-bond acceptors (Lipinski definition) is 1. The van der Waals surface area contributed by atoms with Crippen molar-refractivity contribution in [3.8, 4) is 5.75 Å². The van der Waals surface area contributed by atoms with Crippen molar-refractivity contribution < 1.29 is 5.11 Å². The lowest BCUT2D eigenvalue weighted by Crippen LogP contribution is -1.97. The Balaban J connectivity index is 4.04. The number of benzene rings is 1. The van der Waals surface area contributed by atoms with Gasteiger partial charge in [-0.1, -0.05) is 60.8 Å². The van der Waals surface area contributed by atoms with E-state index in [1.807, 2.05) is 77.2 Å². The van der Waals surface area contributed by atoms with Gasteiger partial charge in [0, 0.05) is 11.1 Å². The summed E-state index contributed by atoms with van der Waals surface area (Å²) >= 11 is 0. The minimum atomic E-state index is 0.325. The third-order valence-electron chi connectivity index (χ3n) is 3.34. The van der Waals surface area contributed by atoms with Crippen LogP contribution in [0.4, 0.5) is 0 Å². The molecule has 1 aromatic rings. The van der Waals surface area contributed by atoms with Gasteiger partial charge in [-0.25, -0.2) is 0 Å². The van der Waals surface area contributed by atoms with Crippen LogP contribution in [0.1, 0.15) is 62.4 Å². The van der Waals surface area contributed by atoms with Crippen molar-refractivity contribution in [3.05, 3.63) is 58.2 Å². The molecule has 0 aliphatic carbocycles. The summed E-state index contributed by atoms with van der Waals surface area (Å²) in [6.45, 7) is 9.92. The largest absolute Gasteiger partial charge is 0.507 e. The fourth-order valence-corrected chi connectivity index (χ4v) is 2.54. The van der Waals surface area contributed by atoms with Gasteiger partial charge in [0.2, 0.25) is 0 Å². The molecular weight excluding hydrogens is 268 g/mol. The summed E-state index contributed by atoms with van der Waals surface area (Å²) in [5.41, 5.74) is 4.91. The molecule has 0 saturated heterocycles. The Bertz CT molecular complexity index is 604. The van der Waals surface area contributed by atoms with E-state index < -0.39 is 0 Å². The van der Waals surface area contributed by atoms with Crippen LogP contribution in [-0.2, 0) is 0 Å². The van der Waals surface area contributed by atoms with E-state index in [2.05, 4.69) is 18.2 Å². The molecule has 116 valence electrons. The number of phenolic OH excluding ortho intramolecular Hbond substituents is 1. The molecule has 0 aromatic heterocycles. The maximum absolute atomic E-state index is 10.8. The van der Waals surface area contributed by atoms with E-state index in [0.29, 0.717) is 5.75 Å². The summed E-state index contributed by atoms with van der Waals surface area (Å²) in [6.07, 6.45) is 20.1. The average Bonchev–Trinajstić information content (AvgIpc) is 2.51. The third-order valence-corrected chi connectivity index (χ3v) is 3.34. The second-order valence-corrected chi connectivity index (χ2v) is 4.92. The van der Waals surface area contributed by atoms with Crippen LogP contribution in [0.5, 0.6) is 5.75 Å². The van der Waals surface area contributed by atoms with Crippen LogP contribution in [0.3, 0.4) is 0 Å². The minimum absolute atomic E-state index is 0.325. The van der Waals surface area contributed by atoms with Crippen LogP contribution in [-0.4, -0.2) is 5.11 Å². The highest BCUT2D eigenvalue weighted by Gasteiger charge is 2.16. The van der Waals surface area contributed by atoms with Gasteiger partial charge in [0.15, 0.2) is 0 Å². The zero-order valence-electron chi connectivity index (χ0n) is 14.2. The van der Waals surface area contributed by atoms with Crippen LogP contribution < -0.4 is 0 Å². The van der Waals surface area contributed by atoms with Crippen molar-refractivity contribution in [1.82, 2.24) is 0 Å². The van der Waals surface area contributed by atoms with Gasteiger partial charge >= 0.3 is 0 Å². The smallest absolute Gasteiger partial charge is 0.131 e. The van der Waals surface area contributed by atoms with Gasteiger partial charge in [-0.05, 0) is 51.3 Å². The van der Waals surface area contributed by atoms with Gasteiger partial charge in [0.25, 0.3) is 0 Å². The molecule has 0 bridgehead atoms. The summed E-state index contributed by atoms with van der Waals surface area (Å²) in [4.78, 5) is 0. The standard InChI is InChI=1S/C21H26O/c1-6-11-16-17(12-7-2)19(14-9-4)21(22)20(15-10-5)18(16)13-8-3/h6-15,22H,1-5H3. The highest BCUT2D eigenvalue weighted by Crippen LogP contribution is 2.38. The molecule has 0 saturated carbocycles. The summed E-state index contributed by atoms with van der Waals surface area (Å²) in [6, 6.07) is 0. The van der Waals surface area contributed by atoms with Gasteiger partial charge in [0.05, 0.1) is 0 Å². The molecule has 0 unspecified atom stereocenters. The van der Waals surface area contributed by atoms with Gasteiger partial charge in [-0.3, -0.25) is 0 Å². The third kappa shape index (κ3) is 3.67. The summed E-state index contributed by atoms with van der Waals surface area (Å²) in [7, 11) is 0. The van der Waals surface area contributed by atoms with E-state index in [4.69, 9.17) is 0 Å². The lowest BCUT2D eigenvalue weighted by atomic mass is 9.88. The minimum Gasteiger partial charge on any atom is -0.507 e. The molecule has 0 aliphatic rings. The molecule has 1 aromatic carbocycles. The van der Waals surface area contributed by atoms with Crippen LogP contribution in [0.2, 0.25) is 0 Å². The van der Waals surface area contributed by atoms with Gasteiger partial charge in [0.1, 0.15) is 5.75 Å². The molecule has 1 N–H and O–H groups in total. The molecule has 0 spiro atoms. The van der Waals surface area contributed by atoms with Crippen molar-refractivity contribution in [1.29, 1.82) is 0 Å². The maximum atomic E-state index is 10.8. The van der Waals surface area contributed by atoms with Crippen LogP contribution >= 0.6 is 0 Å².